The second kappa shape index (κ2) is 9.98. The molecule has 0 aromatic heterocycles. The number of carbonyl (C=O) groups is 2. The van der Waals surface area contributed by atoms with Crippen LogP contribution in [0, 0.1) is 0 Å². The number of esters is 1. The molecule has 1 N–H and O–H groups in total. The number of fused-ring (bicyclic) bond motifs is 1. The Labute approximate surface area is 167 Å². The highest BCUT2D eigenvalue weighted by Crippen LogP contribution is 2.32. The summed E-state index contributed by atoms with van der Waals surface area (Å²) >= 11 is 0. The molecule has 29 heavy (non-hydrogen) atoms. The fraction of sp³-hybridized carbons (Fsp3) is 0.250. The van der Waals surface area contributed by atoms with Gasteiger partial charge in [-0.3, -0.25) is 4.79 Å². The molecular formula is C20H20N2O7. The van der Waals surface area contributed by atoms with Crippen molar-refractivity contribution >= 4 is 23.8 Å². The number of ether oxygens (including phenoxy) is 4. The van der Waals surface area contributed by atoms with Crippen LogP contribution in [-0.4, -0.2) is 51.6 Å². The molecular weight excluding hydrogens is 380 g/mol. The quantitative estimate of drug-likeness (QED) is 0.410. The van der Waals surface area contributed by atoms with Crippen molar-refractivity contribution in [3.8, 4) is 17.2 Å². The van der Waals surface area contributed by atoms with E-state index in [9.17, 15) is 9.59 Å². The molecule has 152 valence electrons. The molecule has 0 saturated heterocycles. The van der Waals surface area contributed by atoms with Crippen molar-refractivity contribution in [3.63, 3.8) is 0 Å². The van der Waals surface area contributed by atoms with Crippen LogP contribution in [0.3, 0.4) is 0 Å². The van der Waals surface area contributed by atoms with E-state index in [0.717, 1.165) is 11.3 Å². The van der Waals surface area contributed by atoms with Gasteiger partial charge in [0.25, 0.3) is 5.91 Å². The number of methoxy groups -OCH3 is 1. The Hall–Kier alpha value is -3.75. The minimum atomic E-state index is -0.714. The number of benzene rings is 2. The van der Waals surface area contributed by atoms with Crippen molar-refractivity contribution < 1.29 is 33.4 Å². The van der Waals surface area contributed by atoms with Crippen molar-refractivity contribution in [1.82, 2.24) is 0 Å². The fourth-order valence-corrected chi connectivity index (χ4v) is 2.38. The first-order chi connectivity index (χ1) is 14.1. The van der Waals surface area contributed by atoms with Crippen LogP contribution in [-0.2, 0) is 19.2 Å². The lowest BCUT2D eigenvalue weighted by molar-refractivity contribution is -0.151. The minimum Gasteiger partial charge on any atom is -0.497 e. The SMILES string of the molecule is COc1ccc(/C=N\OCC(=O)OCC(=O)Nc2ccc3c(c2)OCCO3)cc1. The topological polar surface area (TPSA) is 105 Å². The number of oxime groups is 1. The summed E-state index contributed by atoms with van der Waals surface area (Å²) in [6.45, 7) is 0.0760. The van der Waals surface area contributed by atoms with E-state index in [1.807, 2.05) is 0 Å². The largest absolute Gasteiger partial charge is 0.497 e. The third-order valence-corrected chi connectivity index (χ3v) is 3.76. The zero-order chi connectivity index (χ0) is 20.5. The second-order valence-electron chi connectivity index (χ2n) is 5.85. The molecule has 2 aromatic carbocycles. The normalized spacial score (nSPS) is 12.3. The van der Waals surface area contributed by atoms with Gasteiger partial charge >= 0.3 is 5.97 Å². The van der Waals surface area contributed by atoms with E-state index in [2.05, 4.69) is 10.5 Å². The van der Waals surface area contributed by atoms with E-state index in [0.29, 0.717) is 30.4 Å². The molecule has 0 fully saturated rings. The van der Waals surface area contributed by atoms with Gasteiger partial charge in [-0.25, -0.2) is 4.79 Å². The van der Waals surface area contributed by atoms with Crippen molar-refractivity contribution in [2.24, 2.45) is 5.16 Å². The highest BCUT2D eigenvalue weighted by Gasteiger charge is 2.13. The van der Waals surface area contributed by atoms with Gasteiger partial charge in [0.15, 0.2) is 18.1 Å². The lowest BCUT2D eigenvalue weighted by atomic mass is 10.2. The maximum absolute atomic E-state index is 11.9. The number of nitrogens with zero attached hydrogens (tertiary/aromatic N) is 1. The van der Waals surface area contributed by atoms with E-state index < -0.39 is 25.1 Å². The maximum Gasteiger partial charge on any atom is 0.347 e. The smallest absolute Gasteiger partial charge is 0.347 e. The van der Waals surface area contributed by atoms with E-state index in [-0.39, 0.29) is 0 Å². The molecule has 0 unspecified atom stereocenters. The average molecular weight is 400 g/mol. The predicted octanol–water partition coefficient (Wildman–Crippen LogP) is 2.00. The number of amides is 1. The van der Waals surface area contributed by atoms with Crippen LogP contribution in [0.2, 0.25) is 0 Å². The van der Waals surface area contributed by atoms with E-state index >= 15 is 0 Å². The van der Waals surface area contributed by atoms with Gasteiger partial charge in [-0.05, 0) is 42.0 Å². The van der Waals surface area contributed by atoms with Gasteiger partial charge in [0.05, 0.1) is 13.3 Å². The van der Waals surface area contributed by atoms with Gasteiger partial charge in [-0.2, -0.15) is 0 Å². The lowest BCUT2D eigenvalue weighted by Gasteiger charge is -2.18. The van der Waals surface area contributed by atoms with Crippen molar-refractivity contribution in [2.45, 2.75) is 0 Å². The molecule has 0 spiro atoms. The molecule has 0 saturated carbocycles. The molecule has 2 aromatic rings. The molecule has 0 atom stereocenters. The molecule has 0 aliphatic carbocycles. The molecule has 9 heteroatoms. The molecule has 1 amide bonds. The van der Waals surface area contributed by atoms with Gasteiger partial charge in [0.1, 0.15) is 19.0 Å². The Morgan fingerprint density at radius 3 is 2.59 bits per heavy atom. The average Bonchev–Trinajstić information content (AvgIpc) is 2.75. The Morgan fingerprint density at radius 1 is 1.07 bits per heavy atom. The van der Waals surface area contributed by atoms with Gasteiger partial charge < -0.3 is 29.1 Å². The first-order valence-electron chi connectivity index (χ1n) is 8.78. The van der Waals surface area contributed by atoms with Crippen molar-refractivity contribution in [1.29, 1.82) is 0 Å². The van der Waals surface area contributed by atoms with Crippen LogP contribution in [0.5, 0.6) is 17.2 Å². The summed E-state index contributed by atoms with van der Waals surface area (Å²) in [5.41, 5.74) is 1.29. The van der Waals surface area contributed by atoms with Crippen LogP contribution in [0.15, 0.2) is 47.6 Å². The number of nitrogens with one attached hydrogen (secondary N) is 1. The third kappa shape index (κ3) is 6.13. The number of rotatable bonds is 8. The lowest BCUT2D eigenvalue weighted by Crippen LogP contribution is -2.22. The monoisotopic (exact) mass is 400 g/mol. The van der Waals surface area contributed by atoms with Crippen molar-refractivity contribution in [3.05, 3.63) is 48.0 Å². The highest BCUT2D eigenvalue weighted by molar-refractivity contribution is 5.93. The number of hydrogen-bond donors (Lipinski definition) is 1. The van der Waals surface area contributed by atoms with Gasteiger partial charge in [-0.15, -0.1) is 0 Å². The Bertz CT molecular complexity index is 881. The van der Waals surface area contributed by atoms with E-state index in [1.54, 1.807) is 49.6 Å². The summed E-state index contributed by atoms with van der Waals surface area (Å²) in [6.07, 6.45) is 1.45. The number of hydrogen-bond acceptors (Lipinski definition) is 8. The van der Waals surface area contributed by atoms with Crippen LogP contribution in [0.25, 0.3) is 0 Å². The standard InChI is InChI=1S/C20H20N2O7/c1-25-16-5-2-14(3-6-16)11-21-29-13-20(24)28-12-19(23)22-15-4-7-17-18(10-15)27-9-8-26-17/h2-7,10-11H,8-9,12-13H2,1H3,(H,22,23)/b21-11-. The van der Waals surface area contributed by atoms with Crippen LogP contribution in [0.4, 0.5) is 5.69 Å². The van der Waals surface area contributed by atoms with E-state index in [4.69, 9.17) is 23.8 Å². The predicted molar refractivity (Wildman–Crippen MR) is 104 cm³/mol. The molecule has 1 aliphatic heterocycles. The summed E-state index contributed by atoms with van der Waals surface area (Å²) in [5, 5.41) is 6.29. The zero-order valence-electron chi connectivity index (χ0n) is 15.8. The second-order valence-corrected chi connectivity index (χ2v) is 5.85. The molecule has 1 heterocycles. The summed E-state index contributed by atoms with van der Waals surface area (Å²) in [5.74, 6) is 0.689. The summed E-state index contributed by atoms with van der Waals surface area (Å²) in [6, 6.07) is 12.1. The highest BCUT2D eigenvalue weighted by atomic mass is 16.7. The summed E-state index contributed by atoms with van der Waals surface area (Å²) in [7, 11) is 1.58. The van der Waals surface area contributed by atoms with Gasteiger partial charge in [-0.1, -0.05) is 5.16 Å². The van der Waals surface area contributed by atoms with E-state index in [1.165, 1.54) is 6.21 Å². The first kappa shape index (κ1) is 20.0. The molecule has 9 nitrogen and oxygen atoms in total. The minimum absolute atomic E-state index is 0.413. The maximum atomic E-state index is 11.9. The van der Waals surface area contributed by atoms with Crippen molar-refractivity contribution in [2.75, 3.05) is 38.9 Å². The third-order valence-electron chi connectivity index (χ3n) is 3.76. The summed E-state index contributed by atoms with van der Waals surface area (Å²) in [4.78, 5) is 28.4. The first-order valence-corrected chi connectivity index (χ1v) is 8.78. The van der Waals surface area contributed by atoms with Gasteiger partial charge in [0, 0.05) is 11.8 Å². The van der Waals surface area contributed by atoms with Crippen LogP contribution >= 0.6 is 0 Å². The molecule has 1 aliphatic rings. The molecule has 0 radical (unpaired) electrons. The number of anilines is 1. The summed E-state index contributed by atoms with van der Waals surface area (Å²) < 4.78 is 20.8. The molecule has 0 bridgehead atoms. The Balaban J connectivity index is 1.36. The zero-order valence-corrected chi connectivity index (χ0v) is 15.8. The van der Waals surface area contributed by atoms with Gasteiger partial charge in [0.2, 0.25) is 6.61 Å². The molecule has 3 rings (SSSR count). The number of carbonyl (C=O) groups excluding carboxylic acids is 2. The Kier molecular flexibility index (Phi) is 6.88. The fourth-order valence-electron chi connectivity index (χ4n) is 2.38. The Morgan fingerprint density at radius 2 is 1.83 bits per heavy atom. The van der Waals surface area contributed by atoms with Crippen LogP contribution in [0.1, 0.15) is 5.56 Å². The van der Waals surface area contributed by atoms with Crippen LogP contribution < -0.4 is 19.5 Å².